The second-order valence-electron chi connectivity index (χ2n) is 5.73. The van der Waals surface area contributed by atoms with Gasteiger partial charge in [-0.3, -0.25) is 9.59 Å². The van der Waals surface area contributed by atoms with Gasteiger partial charge in [0.05, 0.1) is 5.52 Å². The molecule has 3 rings (SSSR count). The highest BCUT2D eigenvalue weighted by molar-refractivity contribution is 6.31. The Bertz CT molecular complexity index is 997. The summed E-state index contributed by atoms with van der Waals surface area (Å²) in [5.41, 5.74) is 7.64. The Morgan fingerprint density at radius 1 is 1.20 bits per heavy atom. The number of halogens is 1. The van der Waals surface area contributed by atoms with Gasteiger partial charge in [-0.05, 0) is 23.8 Å². The number of carbonyl (C=O) groups is 1. The summed E-state index contributed by atoms with van der Waals surface area (Å²) in [4.78, 5) is 25.0. The van der Waals surface area contributed by atoms with Crippen LogP contribution in [0.1, 0.15) is 6.42 Å². The van der Waals surface area contributed by atoms with Gasteiger partial charge in [0, 0.05) is 36.0 Å². The average Bonchev–Trinajstić information content (AvgIpc) is 2.60. The van der Waals surface area contributed by atoms with Gasteiger partial charge in [0.1, 0.15) is 5.69 Å². The van der Waals surface area contributed by atoms with Crippen molar-refractivity contribution in [3.63, 3.8) is 0 Å². The number of anilines is 1. The summed E-state index contributed by atoms with van der Waals surface area (Å²) in [6.07, 6.45) is 0.144. The van der Waals surface area contributed by atoms with Crippen molar-refractivity contribution in [2.24, 2.45) is 12.8 Å². The number of rotatable bonds is 4. The van der Waals surface area contributed by atoms with E-state index in [4.69, 9.17) is 17.3 Å². The Morgan fingerprint density at radius 3 is 2.60 bits per heavy atom. The summed E-state index contributed by atoms with van der Waals surface area (Å²) in [7, 11) is 1.67. The minimum absolute atomic E-state index is 0.144. The summed E-state index contributed by atoms with van der Waals surface area (Å²) in [6.45, 7) is 0.215. The molecule has 0 radical (unpaired) electrons. The maximum Gasteiger partial charge on any atom is 0.275 e. The van der Waals surface area contributed by atoms with Crippen molar-refractivity contribution in [1.82, 2.24) is 4.57 Å². The van der Waals surface area contributed by atoms with E-state index in [1.165, 1.54) is 4.57 Å². The van der Waals surface area contributed by atoms with Crippen molar-refractivity contribution < 1.29 is 4.79 Å². The number of hydrogen-bond donors (Lipinski definition) is 2. The van der Waals surface area contributed by atoms with Crippen LogP contribution in [0.4, 0.5) is 5.69 Å². The highest BCUT2D eigenvalue weighted by atomic mass is 35.5. The highest BCUT2D eigenvalue weighted by Crippen LogP contribution is 2.34. The molecular formula is C19H18ClN3O2. The Labute approximate surface area is 150 Å². The number of carbonyl (C=O) groups excluding carboxylic acids is 1. The fourth-order valence-electron chi connectivity index (χ4n) is 2.87. The standard InChI is InChI=1S/C19H18ClN3O2/c1-23-15-8-7-13(20)11-14(15)17(12-5-3-2-4-6-12)18(19(23)25)22-16(24)9-10-21/h2-8,11H,9-10,21H2,1H3,(H,22,24). The van der Waals surface area contributed by atoms with Crippen LogP contribution in [0.15, 0.2) is 53.3 Å². The third kappa shape index (κ3) is 3.29. The number of nitrogens with one attached hydrogen (secondary N) is 1. The van der Waals surface area contributed by atoms with E-state index in [2.05, 4.69) is 5.32 Å². The van der Waals surface area contributed by atoms with Crippen molar-refractivity contribution in [2.45, 2.75) is 6.42 Å². The summed E-state index contributed by atoms with van der Waals surface area (Å²) >= 11 is 6.19. The van der Waals surface area contributed by atoms with Gasteiger partial charge >= 0.3 is 0 Å². The smallest absolute Gasteiger partial charge is 0.275 e. The van der Waals surface area contributed by atoms with Crippen LogP contribution in [0, 0.1) is 0 Å². The van der Waals surface area contributed by atoms with Crippen LogP contribution in [-0.2, 0) is 11.8 Å². The van der Waals surface area contributed by atoms with E-state index in [9.17, 15) is 9.59 Å². The zero-order valence-electron chi connectivity index (χ0n) is 13.8. The van der Waals surface area contributed by atoms with E-state index in [1.807, 2.05) is 30.3 Å². The normalized spacial score (nSPS) is 10.8. The number of hydrogen-bond acceptors (Lipinski definition) is 3. The SMILES string of the molecule is Cn1c(=O)c(NC(=O)CCN)c(-c2ccccc2)c2cc(Cl)ccc21. The van der Waals surface area contributed by atoms with Gasteiger partial charge in [0.15, 0.2) is 0 Å². The topological polar surface area (TPSA) is 77.1 Å². The van der Waals surface area contributed by atoms with Gasteiger partial charge in [-0.25, -0.2) is 0 Å². The number of aromatic nitrogens is 1. The van der Waals surface area contributed by atoms with Crippen LogP contribution in [-0.4, -0.2) is 17.0 Å². The molecule has 0 fully saturated rings. The fraction of sp³-hybridized carbons (Fsp3) is 0.158. The molecule has 3 N–H and O–H groups in total. The predicted molar refractivity (Wildman–Crippen MR) is 102 cm³/mol. The first-order valence-corrected chi connectivity index (χ1v) is 8.28. The van der Waals surface area contributed by atoms with Crippen LogP contribution in [0.5, 0.6) is 0 Å². The molecule has 1 heterocycles. The lowest BCUT2D eigenvalue weighted by Gasteiger charge is -2.17. The summed E-state index contributed by atoms with van der Waals surface area (Å²) in [5.74, 6) is -0.293. The van der Waals surface area contributed by atoms with Crippen molar-refractivity contribution in [3.05, 3.63) is 63.9 Å². The molecular weight excluding hydrogens is 338 g/mol. The monoisotopic (exact) mass is 355 g/mol. The molecule has 0 spiro atoms. The quantitative estimate of drug-likeness (QED) is 0.754. The maximum absolute atomic E-state index is 12.9. The number of aryl methyl sites for hydroxylation is 1. The fourth-order valence-corrected chi connectivity index (χ4v) is 3.05. The lowest BCUT2D eigenvalue weighted by Crippen LogP contribution is -2.26. The van der Waals surface area contributed by atoms with Gasteiger partial charge in [-0.2, -0.15) is 0 Å². The van der Waals surface area contributed by atoms with E-state index in [0.29, 0.717) is 10.6 Å². The van der Waals surface area contributed by atoms with E-state index >= 15 is 0 Å². The molecule has 25 heavy (non-hydrogen) atoms. The number of nitrogens with zero attached hydrogens (tertiary/aromatic N) is 1. The Balaban J connectivity index is 2.38. The van der Waals surface area contributed by atoms with E-state index in [0.717, 1.165) is 16.5 Å². The maximum atomic E-state index is 12.9. The lowest BCUT2D eigenvalue weighted by molar-refractivity contribution is -0.116. The Kier molecular flexibility index (Phi) is 4.88. The van der Waals surface area contributed by atoms with E-state index in [-0.39, 0.29) is 30.1 Å². The van der Waals surface area contributed by atoms with Crippen molar-refractivity contribution in [1.29, 1.82) is 0 Å². The summed E-state index contributed by atoms with van der Waals surface area (Å²) in [6, 6.07) is 14.8. The largest absolute Gasteiger partial charge is 0.330 e. The van der Waals surface area contributed by atoms with Crippen LogP contribution < -0.4 is 16.6 Å². The lowest BCUT2D eigenvalue weighted by atomic mass is 9.99. The average molecular weight is 356 g/mol. The second-order valence-corrected chi connectivity index (χ2v) is 6.16. The zero-order chi connectivity index (χ0) is 18.0. The molecule has 1 aromatic heterocycles. The predicted octanol–water partition coefficient (Wildman–Crippen LogP) is 3.15. The van der Waals surface area contributed by atoms with Crippen LogP contribution in [0.3, 0.4) is 0 Å². The molecule has 0 saturated carbocycles. The van der Waals surface area contributed by atoms with Crippen molar-refractivity contribution in [3.8, 4) is 11.1 Å². The van der Waals surface area contributed by atoms with Gasteiger partial charge in [-0.15, -0.1) is 0 Å². The number of amides is 1. The molecule has 5 nitrogen and oxygen atoms in total. The van der Waals surface area contributed by atoms with Crippen molar-refractivity contribution in [2.75, 3.05) is 11.9 Å². The third-order valence-electron chi connectivity index (χ3n) is 4.06. The first kappa shape index (κ1) is 17.2. The van der Waals surface area contributed by atoms with Crippen LogP contribution in [0.2, 0.25) is 5.02 Å². The van der Waals surface area contributed by atoms with Gasteiger partial charge < -0.3 is 15.6 Å². The molecule has 6 heteroatoms. The number of benzene rings is 2. The Morgan fingerprint density at radius 2 is 1.92 bits per heavy atom. The van der Waals surface area contributed by atoms with Crippen LogP contribution in [0.25, 0.3) is 22.0 Å². The second kappa shape index (κ2) is 7.09. The molecule has 128 valence electrons. The first-order valence-electron chi connectivity index (χ1n) is 7.90. The minimum Gasteiger partial charge on any atom is -0.330 e. The molecule has 0 aliphatic carbocycles. The van der Waals surface area contributed by atoms with E-state index < -0.39 is 0 Å². The first-order chi connectivity index (χ1) is 12.0. The molecule has 3 aromatic rings. The van der Waals surface area contributed by atoms with Gasteiger partial charge in [-0.1, -0.05) is 41.9 Å². The van der Waals surface area contributed by atoms with Crippen molar-refractivity contribution >= 4 is 34.1 Å². The molecule has 0 unspecified atom stereocenters. The summed E-state index contributed by atoms with van der Waals surface area (Å²) < 4.78 is 1.51. The molecule has 0 saturated heterocycles. The highest BCUT2D eigenvalue weighted by Gasteiger charge is 2.18. The van der Waals surface area contributed by atoms with Crippen LogP contribution >= 0.6 is 11.6 Å². The summed E-state index contributed by atoms with van der Waals surface area (Å²) in [5, 5.41) is 4.09. The zero-order valence-corrected chi connectivity index (χ0v) is 14.5. The number of nitrogens with two attached hydrogens (primary N) is 1. The molecule has 0 atom stereocenters. The minimum atomic E-state index is -0.293. The third-order valence-corrected chi connectivity index (χ3v) is 4.29. The molecule has 0 aliphatic heterocycles. The molecule has 2 aromatic carbocycles. The molecule has 0 aliphatic rings. The van der Waals surface area contributed by atoms with E-state index in [1.54, 1.807) is 25.2 Å². The molecule has 1 amide bonds. The number of pyridine rings is 1. The Hall–Kier alpha value is -2.63. The number of fused-ring (bicyclic) bond motifs is 1. The van der Waals surface area contributed by atoms with Gasteiger partial charge in [0.2, 0.25) is 5.91 Å². The van der Waals surface area contributed by atoms with Gasteiger partial charge in [0.25, 0.3) is 5.56 Å². The molecule has 0 bridgehead atoms.